The highest BCUT2D eigenvalue weighted by atomic mass is 79.9. The molecule has 0 unspecified atom stereocenters. The van der Waals surface area contributed by atoms with Crippen LogP contribution in [0.4, 0.5) is 0 Å². The minimum Gasteiger partial charge on any atom is -0.485 e. The molecule has 112 valence electrons. The molecule has 0 saturated carbocycles. The van der Waals surface area contributed by atoms with Gasteiger partial charge < -0.3 is 9.47 Å². The summed E-state index contributed by atoms with van der Waals surface area (Å²) in [7, 11) is 0. The summed E-state index contributed by atoms with van der Waals surface area (Å²) < 4.78 is 12.0. The summed E-state index contributed by atoms with van der Waals surface area (Å²) in [4.78, 5) is 12.0. The summed E-state index contributed by atoms with van der Waals surface area (Å²) in [6.45, 7) is 0.162. The van der Waals surface area contributed by atoms with E-state index in [2.05, 4.69) is 26.5 Å². The lowest BCUT2D eigenvalue weighted by Crippen LogP contribution is -2.42. The highest BCUT2D eigenvalue weighted by Crippen LogP contribution is 2.30. The Kier molecular flexibility index (Phi) is 4.39. The van der Waals surface area contributed by atoms with Gasteiger partial charge in [0.05, 0.1) is 6.21 Å². The predicted octanol–water partition coefficient (Wildman–Crippen LogP) is 2.74. The van der Waals surface area contributed by atoms with Gasteiger partial charge in [0.15, 0.2) is 11.5 Å². The molecule has 0 aliphatic carbocycles. The van der Waals surface area contributed by atoms with Crippen LogP contribution < -0.4 is 14.9 Å². The highest BCUT2D eigenvalue weighted by molar-refractivity contribution is 9.10. The Morgan fingerprint density at radius 3 is 2.86 bits per heavy atom. The molecule has 0 spiro atoms. The van der Waals surface area contributed by atoms with Crippen LogP contribution in [0.15, 0.2) is 58.1 Å². The van der Waals surface area contributed by atoms with Gasteiger partial charge >= 0.3 is 0 Å². The Morgan fingerprint density at radius 1 is 1.23 bits per heavy atom. The van der Waals surface area contributed by atoms with Crippen LogP contribution >= 0.6 is 15.9 Å². The molecule has 0 saturated heterocycles. The molecule has 2 aromatic rings. The first-order valence-electron chi connectivity index (χ1n) is 6.69. The van der Waals surface area contributed by atoms with E-state index in [4.69, 9.17) is 9.47 Å². The Morgan fingerprint density at radius 2 is 2.05 bits per heavy atom. The molecule has 1 N–H and O–H groups in total. The van der Waals surface area contributed by atoms with E-state index < -0.39 is 6.10 Å². The molecule has 1 amide bonds. The molecule has 1 aliphatic rings. The quantitative estimate of drug-likeness (QED) is 0.676. The van der Waals surface area contributed by atoms with E-state index in [1.807, 2.05) is 36.4 Å². The van der Waals surface area contributed by atoms with Gasteiger partial charge in [-0.2, -0.15) is 5.10 Å². The van der Waals surface area contributed by atoms with Crippen molar-refractivity contribution >= 4 is 28.1 Å². The maximum absolute atomic E-state index is 12.0. The Bertz CT molecular complexity index is 718. The third-order valence-electron chi connectivity index (χ3n) is 3.04. The zero-order chi connectivity index (χ0) is 15.4. The van der Waals surface area contributed by atoms with Crippen molar-refractivity contribution in [2.75, 3.05) is 6.61 Å². The lowest BCUT2D eigenvalue weighted by molar-refractivity contribution is -0.130. The van der Waals surface area contributed by atoms with E-state index in [0.29, 0.717) is 11.5 Å². The zero-order valence-electron chi connectivity index (χ0n) is 11.5. The van der Waals surface area contributed by atoms with Crippen molar-refractivity contribution in [2.24, 2.45) is 5.10 Å². The normalized spacial score (nSPS) is 16.5. The average Bonchev–Trinajstić information content (AvgIpc) is 2.54. The van der Waals surface area contributed by atoms with Crippen molar-refractivity contribution in [3.8, 4) is 11.5 Å². The number of amides is 1. The summed E-state index contributed by atoms with van der Waals surface area (Å²) >= 11 is 3.38. The SMILES string of the molecule is O=C(N/N=C\c1cccc(Br)c1)[C@@H]1COc2ccccc2O1. The van der Waals surface area contributed by atoms with Gasteiger partial charge in [-0.3, -0.25) is 4.79 Å². The van der Waals surface area contributed by atoms with Crippen LogP contribution in [-0.4, -0.2) is 24.8 Å². The molecule has 0 aromatic heterocycles. The molecule has 5 nitrogen and oxygen atoms in total. The fourth-order valence-electron chi connectivity index (χ4n) is 1.98. The van der Waals surface area contributed by atoms with Gasteiger partial charge in [0.2, 0.25) is 6.10 Å². The van der Waals surface area contributed by atoms with Gasteiger partial charge in [-0.1, -0.05) is 40.2 Å². The Balaban J connectivity index is 1.59. The van der Waals surface area contributed by atoms with Crippen LogP contribution in [0.25, 0.3) is 0 Å². The molecule has 1 aliphatic heterocycles. The number of halogens is 1. The van der Waals surface area contributed by atoms with Gasteiger partial charge in [0, 0.05) is 4.47 Å². The topological polar surface area (TPSA) is 59.9 Å². The highest BCUT2D eigenvalue weighted by Gasteiger charge is 2.26. The molecule has 0 radical (unpaired) electrons. The molecule has 0 bridgehead atoms. The van der Waals surface area contributed by atoms with E-state index in [0.717, 1.165) is 10.0 Å². The molecule has 1 atom stereocenters. The second-order valence-electron chi connectivity index (χ2n) is 4.65. The van der Waals surface area contributed by atoms with Crippen LogP contribution in [0.3, 0.4) is 0 Å². The second kappa shape index (κ2) is 6.62. The maximum Gasteiger partial charge on any atom is 0.284 e. The predicted molar refractivity (Wildman–Crippen MR) is 86.2 cm³/mol. The van der Waals surface area contributed by atoms with Gasteiger partial charge in [-0.25, -0.2) is 5.43 Å². The number of hydrazone groups is 1. The number of para-hydroxylation sites is 2. The molecule has 1 heterocycles. The lowest BCUT2D eigenvalue weighted by atomic mass is 10.2. The summed E-state index contributed by atoms with van der Waals surface area (Å²) in [6.07, 6.45) is 0.856. The van der Waals surface area contributed by atoms with E-state index in [9.17, 15) is 4.79 Å². The fourth-order valence-corrected chi connectivity index (χ4v) is 2.39. The van der Waals surface area contributed by atoms with Crippen molar-refractivity contribution in [3.63, 3.8) is 0 Å². The number of ether oxygens (including phenoxy) is 2. The van der Waals surface area contributed by atoms with Crippen LogP contribution in [-0.2, 0) is 4.79 Å². The molecule has 22 heavy (non-hydrogen) atoms. The molecule has 6 heteroatoms. The first kappa shape index (κ1) is 14.6. The van der Waals surface area contributed by atoms with Gasteiger partial charge in [0.25, 0.3) is 5.91 Å². The van der Waals surface area contributed by atoms with Crippen molar-refractivity contribution < 1.29 is 14.3 Å². The molecule has 2 aromatic carbocycles. The third-order valence-corrected chi connectivity index (χ3v) is 3.53. The Hall–Kier alpha value is -2.34. The largest absolute Gasteiger partial charge is 0.485 e. The number of fused-ring (bicyclic) bond motifs is 1. The van der Waals surface area contributed by atoms with E-state index >= 15 is 0 Å². The summed E-state index contributed by atoms with van der Waals surface area (Å²) in [5.41, 5.74) is 3.34. The smallest absolute Gasteiger partial charge is 0.284 e. The standard InChI is InChI=1S/C16H13BrN2O3/c17-12-5-3-4-11(8-12)9-18-19-16(20)15-10-21-13-6-1-2-7-14(13)22-15/h1-9,15H,10H2,(H,19,20)/b18-9-/t15-/m0/s1. The number of nitrogens with one attached hydrogen (secondary N) is 1. The number of nitrogens with zero attached hydrogens (tertiary/aromatic N) is 1. The number of benzene rings is 2. The minimum absolute atomic E-state index is 0.162. The van der Waals surface area contributed by atoms with Gasteiger partial charge in [0.1, 0.15) is 6.61 Å². The van der Waals surface area contributed by atoms with Crippen molar-refractivity contribution in [2.45, 2.75) is 6.10 Å². The minimum atomic E-state index is -0.713. The van der Waals surface area contributed by atoms with Crippen LogP contribution in [0.2, 0.25) is 0 Å². The van der Waals surface area contributed by atoms with E-state index in [1.165, 1.54) is 0 Å². The number of carbonyl (C=O) groups excluding carboxylic acids is 1. The lowest BCUT2D eigenvalue weighted by Gasteiger charge is -2.24. The van der Waals surface area contributed by atoms with Crippen molar-refractivity contribution in [1.82, 2.24) is 5.43 Å². The number of rotatable bonds is 3. The van der Waals surface area contributed by atoms with Crippen molar-refractivity contribution in [3.05, 3.63) is 58.6 Å². The monoisotopic (exact) mass is 360 g/mol. The second-order valence-corrected chi connectivity index (χ2v) is 5.57. The molecule has 3 rings (SSSR count). The first-order chi connectivity index (χ1) is 10.7. The molecule has 0 fully saturated rings. The zero-order valence-corrected chi connectivity index (χ0v) is 13.1. The average molecular weight is 361 g/mol. The van der Waals surface area contributed by atoms with Crippen LogP contribution in [0.5, 0.6) is 11.5 Å². The van der Waals surface area contributed by atoms with Gasteiger partial charge in [-0.05, 0) is 29.8 Å². The molecular weight excluding hydrogens is 348 g/mol. The third kappa shape index (κ3) is 3.46. The fraction of sp³-hybridized carbons (Fsp3) is 0.125. The van der Waals surface area contributed by atoms with E-state index in [-0.39, 0.29) is 12.5 Å². The maximum atomic E-state index is 12.0. The summed E-state index contributed by atoms with van der Waals surface area (Å²) in [6, 6.07) is 14.8. The van der Waals surface area contributed by atoms with Crippen molar-refractivity contribution in [1.29, 1.82) is 0 Å². The number of hydrogen-bond donors (Lipinski definition) is 1. The number of hydrogen-bond acceptors (Lipinski definition) is 4. The first-order valence-corrected chi connectivity index (χ1v) is 7.48. The number of carbonyl (C=O) groups is 1. The summed E-state index contributed by atoms with van der Waals surface area (Å²) in [5.74, 6) is 0.856. The Labute approximate surface area is 136 Å². The summed E-state index contributed by atoms with van der Waals surface area (Å²) in [5, 5.41) is 3.93. The van der Waals surface area contributed by atoms with E-state index in [1.54, 1.807) is 18.3 Å². The van der Waals surface area contributed by atoms with Gasteiger partial charge in [-0.15, -0.1) is 0 Å². The van der Waals surface area contributed by atoms with Crippen LogP contribution in [0, 0.1) is 0 Å². The molecular formula is C16H13BrN2O3. The van der Waals surface area contributed by atoms with Crippen LogP contribution in [0.1, 0.15) is 5.56 Å².